The Morgan fingerprint density at radius 2 is 0.638 bits per heavy atom. The lowest BCUT2D eigenvalue weighted by molar-refractivity contribution is -0.123. The normalized spacial score (nSPS) is 13.2. The molecule has 0 saturated heterocycles. The number of hydrogen-bond acceptors (Lipinski definition) is 3. The van der Waals surface area contributed by atoms with Gasteiger partial charge in [0.2, 0.25) is 5.91 Å². The van der Waals surface area contributed by atoms with E-state index in [9.17, 15) is 15.0 Å². The van der Waals surface area contributed by atoms with Crippen LogP contribution in [0.2, 0.25) is 0 Å². The zero-order valence-electron chi connectivity index (χ0n) is 46.6. The molecule has 4 heteroatoms. The van der Waals surface area contributed by atoms with Crippen LogP contribution in [0, 0.1) is 0 Å². The maximum Gasteiger partial charge on any atom is 0.220 e. The fourth-order valence-electron chi connectivity index (χ4n) is 9.59. The lowest BCUT2D eigenvalue weighted by Gasteiger charge is -2.20. The Bertz CT molecular complexity index is 1140. The van der Waals surface area contributed by atoms with Crippen LogP contribution >= 0.6 is 0 Å². The molecule has 0 spiro atoms. The highest BCUT2D eigenvalue weighted by atomic mass is 16.3. The number of amides is 1. The van der Waals surface area contributed by atoms with E-state index in [2.05, 4.69) is 67.8 Å². The fourth-order valence-corrected chi connectivity index (χ4v) is 9.59. The molecule has 0 aliphatic rings. The minimum Gasteiger partial charge on any atom is -0.394 e. The van der Waals surface area contributed by atoms with E-state index in [0.717, 1.165) is 51.4 Å². The van der Waals surface area contributed by atoms with Crippen LogP contribution < -0.4 is 5.32 Å². The molecule has 0 aromatic rings. The molecule has 0 aromatic heterocycles. The van der Waals surface area contributed by atoms with Gasteiger partial charge in [0.1, 0.15) is 0 Å². The molecule has 0 rings (SSSR count). The first-order chi connectivity index (χ1) is 34.2. The molecule has 69 heavy (non-hydrogen) atoms. The minimum absolute atomic E-state index is 0.0588. The Hall–Kier alpha value is -1.91. The SMILES string of the molecule is CC/C=C\C/C=C\C/C=C\C/C=C\CCCCCCCCCCCCCCCCCCCCCCC(=O)NC(CO)C(O)/C=C/CCCCCCCCCCCCCCCCCCCCCCCC. The molecule has 3 N–H and O–H groups in total. The molecule has 0 radical (unpaired) electrons. The van der Waals surface area contributed by atoms with Crippen LogP contribution in [-0.2, 0) is 4.79 Å². The number of rotatable bonds is 57. The number of aliphatic hydroxyl groups is 2. The van der Waals surface area contributed by atoms with Gasteiger partial charge in [-0.05, 0) is 57.8 Å². The summed E-state index contributed by atoms with van der Waals surface area (Å²) in [4.78, 5) is 12.5. The number of unbranched alkanes of at least 4 members (excludes halogenated alkanes) is 42. The van der Waals surface area contributed by atoms with Crippen LogP contribution in [-0.4, -0.2) is 34.9 Å². The molecular weight excluding hydrogens is 843 g/mol. The van der Waals surface area contributed by atoms with Gasteiger partial charge in [-0.25, -0.2) is 0 Å². The van der Waals surface area contributed by atoms with Crippen molar-refractivity contribution in [2.24, 2.45) is 0 Å². The highest BCUT2D eigenvalue weighted by molar-refractivity contribution is 5.76. The van der Waals surface area contributed by atoms with Gasteiger partial charge in [0.25, 0.3) is 0 Å². The van der Waals surface area contributed by atoms with Crippen molar-refractivity contribution < 1.29 is 15.0 Å². The monoisotopic (exact) mass is 964 g/mol. The second kappa shape index (κ2) is 60.4. The van der Waals surface area contributed by atoms with Gasteiger partial charge in [0.05, 0.1) is 18.8 Å². The summed E-state index contributed by atoms with van der Waals surface area (Å²) in [5, 5.41) is 23.2. The Kier molecular flexibility index (Phi) is 58.7. The Labute approximate surface area is 432 Å². The summed E-state index contributed by atoms with van der Waals surface area (Å²) in [6.45, 7) is 4.23. The largest absolute Gasteiger partial charge is 0.394 e. The molecule has 0 fully saturated rings. The van der Waals surface area contributed by atoms with Gasteiger partial charge >= 0.3 is 0 Å². The molecular formula is C65H121NO3. The number of hydrogen-bond donors (Lipinski definition) is 3. The predicted molar refractivity (Wildman–Crippen MR) is 308 cm³/mol. The zero-order chi connectivity index (χ0) is 49.9. The molecule has 1 amide bonds. The first-order valence-corrected chi connectivity index (χ1v) is 31.0. The minimum atomic E-state index is -0.840. The molecule has 0 aromatic carbocycles. The fraction of sp³-hybridized carbons (Fsp3) is 0.831. The highest BCUT2D eigenvalue weighted by Crippen LogP contribution is 2.18. The number of carbonyl (C=O) groups excluding carboxylic acids is 1. The number of allylic oxidation sites excluding steroid dienone is 9. The van der Waals surface area contributed by atoms with E-state index in [4.69, 9.17) is 0 Å². The van der Waals surface area contributed by atoms with E-state index in [1.165, 1.54) is 257 Å². The maximum atomic E-state index is 12.5. The van der Waals surface area contributed by atoms with Crippen molar-refractivity contribution in [3.05, 3.63) is 60.8 Å². The summed E-state index contributed by atoms with van der Waals surface area (Å²) >= 11 is 0. The third-order valence-corrected chi connectivity index (χ3v) is 14.3. The van der Waals surface area contributed by atoms with Crippen molar-refractivity contribution in [1.82, 2.24) is 5.32 Å². The van der Waals surface area contributed by atoms with Crippen molar-refractivity contribution in [3.8, 4) is 0 Å². The number of nitrogens with one attached hydrogen (secondary N) is 1. The molecule has 0 bridgehead atoms. The van der Waals surface area contributed by atoms with E-state index >= 15 is 0 Å². The summed E-state index contributed by atoms with van der Waals surface area (Å²) in [5.41, 5.74) is 0. The summed E-state index contributed by atoms with van der Waals surface area (Å²) in [7, 11) is 0. The van der Waals surface area contributed by atoms with Gasteiger partial charge in [0.15, 0.2) is 0 Å². The van der Waals surface area contributed by atoms with Crippen LogP contribution in [0.25, 0.3) is 0 Å². The summed E-state index contributed by atoms with van der Waals surface area (Å²) in [6.07, 6.45) is 85.5. The number of aliphatic hydroxyl groups excluding tert-OH is 2. The smallest absolute Gasteiger partial charge is 0.220 e. The molecule has 404 valence electrons. The average Bonchev–Trinajstić information content (AvgIpc) is 3.35. The van der Waals surface area contributed by atoms with Crippen LogP contribution in [0.5, 0.6) is 0 Å². The molecule has 2 unspecified atom stereocenters. The van der Waals surface area contributed by atoms with E-state index < -0.39 is 12.1 Å². The van der Waals surface area contributed by atoms with Crippen LogP contribution in [0.15, 0.2) is 60.8 Å². The van der Waals surface area contributed by atoms with Crippen LogP contribution in [0.1, 0.15) is 328 Å². The lowest BCUT2D eigenvalue weighted by Crippen LogP contribution is -2.45. The van der Waals surface area contributed by atoms with E-state index in [1.807, 2.05) is 6.08 Å². The van der Waals surface area contributed by atoms with Crippen molar-refractivity contribution in [2.45, 2.75) is 341 Å². The van der Waals surface area contributed by atoms with Gasteiger partial charge in [-0.3, -0.25) is 4.79 Å². The molecule has 0 aliphatic heterocycles. The molecule has 4 nitrogen and oxygen atoms in total. The Morgan fingerprint density at radius 1 is 0.362 bits per heavy atom. The first-order valence-electron chi connectivity index (χ1n) is 31.0. The lowest BCUT2D eigenvalue weighted by atomic mass is 10.0. The molecule has 2 atom stereocenters. The van der Waals surface area contributed by atoms with E-state index in [1.54, 1.807) is 6.08 Å². The number of carbonyl (C=O) groups is 1. The predicted octanol–water partition coefficient (Wildman–Crippen LogP) is 20.8. The molecule has 0 heterocycles. The van der Waals surface area contributed by atoms with Gasteiger partial charge in [-0.2, -0.15) is 0 Å². The van der Waals surface area contributed by atoms with Gasteiger partial charge < -0.3 is 15.5 Å². The van der Waals surface area contributed by atoms with Gasteiger partial charge in [-0.15, -0.1) is 0 Å². The van der Waals surface area contributed by atoms with Crippen LogP contribution in [0.3, 0.4) is 0 Å². The second-order valence-electron chi connectivity index (χ2n) is 21.1. The summed E-state index contributed by atoms with van der Waals surface area (Å²) in [6, 6.07) is -0.623. The molecule has 0 aliphatic carbocycles. The third-order valence-electron chi connectivity index (χ3n) is 14.3. The maximum absolute atomic E-state index is 12.5. The van der Waals surface area contributed by atoms with Crippen molar-refractivity contribution in [2.75, 3.05) is 6.61 Å². The third kappa shape index (κ3) is 56.9. The van der Waals surface area contributed by atoms with Crippen molar-refractivity contribution in [3.63, 3.8) is 0 Å². The first kappa shape index (κ1) is 67.1. The molecule has 0 saturated carbocycles. The zero-order valence-corrected chi connectivity index (χ0v) is 46.6. The average molecular weight is 965 g/mol. The van der Waals surface area contributed by atoms with Gasteiger partial charge in [0, 0.05) is 6.42 Å². The highest BCUT2D eigenvalue weighted by Gasteiger charge is 2.18. The van der Waals surface area contributed by atoms with Crippen molar-refractivity contribution in [1.29, 1.82) is 0 Å². The summed E-state index contributed by atoms with van der Waals surface area (Å²) in [5.74, 6) is -0.0588. The van der Waals surface area contributed by atoms with Gasteiger partial charge in [-0.1, -0.05) is 325 Å². The standard InChI is InChI=1S/C65H121NO3/c1-3-5-7-9-11-13-15-17-19-21-23-25-27-29-30-31-32-33-34-35-36-37-39-41-43-45-47-49-51-53-55-57-59-61-65(69)66-63(62-67)64(68)60-58-56-54-52-50-48-46-44-42-40-38-28-26-24-22-20-18-16-14-12-10-8-6-4-2/h5,7,11,13,17,19,23,25,58,60,63-64,67-68H,3-4,6,8-10,12,14-16,18,20-22,24,26-57,59,61-62H2,1-2H3,(H,66,69)/b7-5-,13-11-,19-17-,25-23-,60-58+. The Morgan fingerprint density at radius 3 is 0.957 bits per heavy atom. The Balaban J connectivity index is 3.45. The van der Waals surface area contributed by atoms with E-state index in [0.29, 0.717) is 6.42 Å². The van der Waals surface area contributed by atoms with E-state index in [-0.39, 0.29) is 12.5 Å². The summed E-state index contributed by atoms with van der Waals surface area (Å²) < 4.78 is 0. The second-order valence-corrected chi connectivity index (χ2v) is 21.1. The quantitative estimate of drug-likeness (QED) is 0.0420. The topological polar surface area (TPSA) is 69.6 Å². The van der Waals surface area contributed by atoms with Crippen LogP contribution in [0.4, 0.5) is 0 Å². The van der Waals surface area contributed by atoms with Crippen molar-refractivity contribution >= 4 is 5.91 Å².